The summed E-state index contributed by atoms with van der Waals surface area (Å²) in [4.78, 5) is 14.3. The zero-order valence-electron chi connectivity index (χ0n) is 15.1. The van der Waals surface area contributed by atoms with Gasteiger partial charge in [0.15, 0.2) is 0 Å². The first-order valence-electron chi connectivity index (χ1n) is 9.06. The maximum absolute atomic E-state index is 4.90. The number of anilines is 2. The van der Waals surface area contributed by atoms with Crippen LogP contribution in [0.15, 0.2) is 24.3 Å². The lowest BCUT2D eigenvalue weighted by Crippen LogP contribution is -2.31. The monoisotopic (exact) mass is 327 g/mol. The van der Waals surface area contributed by atoms with Gasteiger partial charge in [0.1, 0.15) is 5.82 Å². The fourth-order valence-corrected chi connectivity index (χ4v) is 3.46. The number of hydrogen-bond acceptors (Lipinski definition) is 5. The summed E-state index contributed by atoms with van der Waals surface area (Å²) in [6.45, 7) is 5.31. The van der Waals surface area contributed by atoms with Crippen molar-refractivity contribution in [3.05, 3.63) is 24.3 Å². The zero-order chi connectivity index (χ0) is 16.9. The Morgan fingerprint density at radius 1 is 1.08 bits per heavy atom. The molecule has 1 aromatic heterocycles. The summed E-state index contributed by atoms with van der Waals surface area (Å²) in [5, 5.41) is 4.63. The van der Waals surface area contributed by atoms with Crippen LogP contribution in [-0.4, -0.2) is 54.6 Å². The fraction of sp³-hybridized carbons (Fsp3) is 0.579. The summed E-state index contributed by atoms with van der Waals surface area (Å²) in [7, 11) is 4.17. The summed E-state index contributed by atoms with van der Waals surface area (Å²) in [5.74, 6) is 1.82. The Balaban J connectivity index is 1.93. The highest BCUT2D eigenvalue weighted by atomic mass is 15.2. The second-order valence-electron chi connectivity index (χ2n) is 7.10. The third kappa shape index (κ3) is 4.15. The maximum Gasteiger partial charge on any atom is 0.225 e. The first-order chi connectivity index (χ1) is 11.6. The Morgan fingerprint density at radius 2 is 1.79 bits per heavy atom. The van der Waals surface area contributed by atoms with Gasteiger partial charge in [0.25, 0.3) is 0 Å². The maximum atomic E-state index is 4.90. The molecule has 130 valence electrons. The molecule has 0 radical (unpaired) electrons. The molecular formula is C19H29N5. The molecule has 1 saturated heterocycles. The van der Waals surface area contributed by atoms with Crippen molar-refractivity contribution in [1.29, 1.82) is 0 Å². The molecule has 1 unspecified atom stereocenters. The van der Waals surface area contributed by atoms with Gasteiger partial charge in [0.2, 0.25) is 5.95 Å². The van der Waals surface area contributed by atoms with Crippen LogP contribution < -0.4 is 10.2 Å². The lowest BCUT2D eigenvalue weighted by Gasteiger charge is -2.24. The van der Waals surface area contributed by atoms with Gasteiger partial charge >= 0.3 is 0 Å². The molecule has 0 amide bonds. The highest BCUT2D eigenvalue weighted by Gasteiger charge is 2.17. The van der Waals surface area contributed by atoms with Crippen LogP contribution in [0.2, 0.25) is 0 Å². The summed E-state index contributed by atoms with van der Waals surface area (Å²) in [6.07, 6.45) is 5.14. The predicted molar refractivity (Wildman–Crippen MR) is 102 cm³/mol. The number of rotatable bonds is 5. The van der Waals surface area contributed by atoms with Crippen molar-refractivity contribution >= 4 is 22.7 Å². The van der Waals surface area contributed by atoms with Gasteiger partial charge in [0.05, 0.1) is 5.52 Å². The van der Waals surface area contributed by atoms with Gasteiger partial charge in [-0.3, -0.25) is 0 Å². The summed E-state index contributed by atoms with van der Waals surface area (Å²) < 4.78 is 0. The van der Waals surface area contributed by atoms with Crippen LogP contribution in [0.25, 0.3) is 10.9 Å². The number of nitrogens with one attached hydrogen (secondary N) is 1. The summed E-state index contributed by atoms with van der Waals surface area (Å²) >= 11 is 0. The third-order valence-corrected chi connectivity index (χ3v) is 4.50. The highest BCUT2D eigenvalue weighted by Crippen LogP contribution is 2.27. The quantitative estimate of drug-likeness (QED) is 0.912. The van der Waals surface area contributed by atoms with Gasteiger partial charge in [-0.15, -0.1) is 0 Å². The molecule has 1 aliphatic rings. The standard InChI is InChI=1S/C19H29N5/c1-15(14-23(2)3)20-19-21-17-11-7-6-10-16(17)18(22-19)24-12-8-4-5-9-13-24/h6-7,10-11,15H,4-5,8-9,12-14H2,1-3H3,(H,20,21,22). The van der Waals surface area contributed by atoms with Crippen molar-refractivity contribution in [2.45, 2.75) is 38.6 Å². The molecule has 0 bridgehead atoms. The van der Waals surface area contributed by atoms with E-state index in [1.165, 1.54) is 25.7 Å². The number of aromatic nitrogens is 2. The van der Waals surface area contributed by atoms with Gasteiger partial charge in [-0.05, 0) is 46.0 Å². The van der Waals surface area contributed by atoms with Gasteiger partial charge in [0, 0.05) is 31.1 Å². The van der Waals surface area contributed by atoms with E-state index in [0.717, 1.165) is 42.3 Å². The zero-order valence-corrected chi connectivity index (χ0v) is 15.1. The normalized spacial score (nSPS) is 17.1. The Bertz CT molecular complexity index is 662. The van der Waals surface area contributed by atoms with Crippen LogP contribution in [0.1, 0.15) is 32.6 Å². The van der Waals surface area contributed by atoms with Gasteiger partial charge < -0.3 is 15.1 Å². The van der Waals surface area contributed by atoms with E-state index in [1.807, 2.05) is 0 Å². The Labute approximate surface area is 145 Å². The topological polar surface area (TPSA) is 44.3 Å². The predicted octanol–water partition coefficient (Wildman–Crippen LogP) is 3.37. The molecule has 3 rings (SSSR count). The average Bonchev–Trinajstić information content (AvgIpc) is 2.82. The van der Waals surface area contributed by atoms with Crippen molar-refractivity contribution in [3.63, 3.8) is 0 Å². The number of nitrogens with zero attached hydrogens (tertiary/aromatic N) is 4. The van der Waals surface area contributed by atoms with Gasteiger partial charge in [-0.25, -0.2) is 4.98 Å². The lowest BCUT2D eigenvalue weighted by molar-refractivity contribution is 0.391. The molecular weight excluding hydrogens is 298 g/mol. The number of fused-ring (bicyclic) bond motifs is 1. The molecule has 5 heteroatoms. The molecule has 24 heavy (non-hydrogen) atoms. The molecule has 2 aromatic rings. The molecule has 1 atom stereocenters. The number of hydrogen-bond donors (Lipinski definition) is 1. The van der Waals surface area contributed by atoms with Crippen LogP contribution in [0.4, 0.5) is 11.8 Å². The molecule has 0 saturated carbocycles. The van der Waals surface area contributed by atoms with E-state index < -0.39 is 0 Å². The summed E-state index contributed by atoms with van der Waals surface area (Å²) in [6, 6.07) is 8.66. The minimum atomic E-state index is 0.304. The van der Waals surface area contributed by atoms with Crippen LogP contribution in [0.5, 0.6) is 0 Å². The van der Waals surface area contributed by atoms with E-state index in [0.29, 0.717) is 6.04 Å². The highest BCUT2D eigenvalue weighted by molar-refractivity contribution is 5.90. The number of likely N-dealkylation sites (N-methyl/N-ethyl adjacent to an activating group) is 1. The van der Waals surface area contributed by atoms with Gasteiger partial charge in [-0.1, -0.05) is 25.0 Å². The van der Waals surface area contributed by atoms with E-state index in [-0.39, 0.29) is 0 Å². The van der Waals surface area contributed by atoms with E-state index in [2.05, 4.69) is 60.4 Å². The molecule has 1 N–H and O–H groups in total. The van der Waals surface area contributed by atoms with Gasteiger partial charge in [-0.2, -0.15) is 4.98 Å². The first-order valence-corrected chi connectivity index (χ1v) is 9.06. The van der Waals surface area contributed by atoms with Crippen molar-refractivity contribution in [3.8, 4) is 0 Å². The van der Waals surface area contributed by atoms with Crippen molar-refractivity contribution < 1.29 is 0 Å². The Morgan fingerprint density at radius 3 is 2.50 bits per heavy atom. The smallest absolute Gasteiger partial charge is 0.225 e. The van der Waals surface area contributed by atoms with Crippen molar-refractivity contribution in [2.24, 2.45) is 0 Å². The SMILES string of the molecule is CC(CN(C)C)Nc1nc(N2CCCCCC2)c2ccccc2n1. The van der Waals surface area contributed by atoms with E-state index >= 15 is 0 Å². The molecule has 1 aromatic carbocycles. The second-order valence-corrected chi connectivity index (χ2v) is 7.10. The number of benzene rings is 1. The van der Waals surface area contributed by atoms with E-state index in [9.17, 15) is 0 Å². The van der Waals surface area contributed by atoms with Crippen LogP contribution >= 0.6 is 0 Å². The van der Waals surface area contributed by atoms with Crippen LogP contribution in [0.3, 0.4) is 0 Å². The van der Waals surface area contributed by atoms with Crippen molar-refractivity contribution in [1.82, 2.24) is 14.9 Å². The van der Waals surface area contributed by atoms with Crippen LogP contribution in [-0.2, 0) is 0 Å². The third-order valence-electron chi connectivity index (χ3n) is 4.50. The molecule has 0 aliphatic carbocycles. The molecule has 0 spiro atoms. The minimum Gasteiger partial charge on any atom is -0.356 e. The Hall–Kier alpha value is -1.88. The van der Waals surface area contributed by atoms with Crippen molar-refractivity contribution in [2.75, 3.05) is 43.9 Å². The molecule has 1 fully saturated rings. The fourth-order valence-electron chi connectivity index (χ4n) is 3.46. The average molecular weight is 327 g/mol. The van der Waals surface area contributed by atoms with E-state index in [4.69, 9.17) is 9.97 Å². The Kier molecular flexibility index (Phi) is 5.51. The van der Waals surface area contributed by atoms with Crippen LogP contribution in [0, 0.1) is 0 Å². The van der Waals surface area contributed by atoms with E-state index in [1.54, 1.807) is 0 Å². The second kappa shape index (κ2) is 7.79. The summed E-state index contributed by atoms with van der Waals surface area (Å²) in [5.41, 5.74) is 1.02. The number of para-hydroxylation sites is 1. The lowest BCUT2D eigenvalue weighted by atomic mass is 10.2. The first kappa shape index (κ1) is 17.0. The minimum absolute atomic E-state index is 0.304. The molecule has 5 nitrogen and oxygen atoms in total. The molecule has 2 heterocycles. The molecule has 1 aliphatic heterocycles. The largest absolute Gasteiger partial charge is 0.356 e.